The number of fused-ring (bicyclic) bond motifs is 11. The molecule has 0 N–H and O–H groups in total. The quantitative estimate of drug-likeness (QED) is 0.158. The molecule has 12 rings (SSSR count). The molecule has 0 amide bonds. The van der Waals surface area contributed by atoms with Gasteiger partial charge < -0.3 is 0 Å². The fourth-order valence-electron chi connectivity index (χ4n) is 11.2. The Hall–Kier alpha value is -6.76. The van der Waals surface area contributed by atoms with Gasteiger partial charge >= 0.3 is 0 Å². The maximum absolute atomic E-state index is 2.57. The molecule has 274 valence electrons. The van der Waals surface area contributed by atoms with Gasteiger partial charge in [-0.3, -0.25) is 0 Å². The molecule has 0 saturated carbocycles. The first kappa shape index (κ1) is 33.4. The van der Waals surface area contributed by atoms with Gasteiger partial charge in [-0.15, -0.1) is 0 Å². The predicted octanol–water partition coefficient (Wildman–Crippen LogP) is 15.9. The molecular formula is C58H42. The molecule has 2 aliphatic rings. The minimum atomic E-state index is -0.154. The van der Waals surface area contributed by atoms with Gasteiger partial charge in [-0.1, -0.05) is 204 Å². The standard InChI is InChI=1S/C58H42/c1-57(2)49-30-15-14-28-47(49)55-51(57)34-48(54-46-27-13-16-31-50(46)58(3,4)56(54)55)39-32-33-45(38-22-8-7-21-37(38)39)53-43-25-11-9-23-41(43)52(42-24-10-12-26-44(42)53)40-29-17-19-35-18-5-6-20-36(35)40/h5-34H,1-4H3. The van der Waals surface area contributed by atoms with E-state index in [1.54, 1.807) is 0 Å². The lowest BCUT2D eigenvalue weighted by atomic mass is 9.75. The van der Waals surface area contributed by atoms with Gasteiger partial charge in [0.05, 0.1) is 0 Å². The molecule has 0 aromatic heterocycles. The van der Waals surface area contributed by atoms with E-state index in [4.69, 9.17) is 0 Å². The van der Waals surface area contributed by atoms with Gasteiger partial charge in [-0.05, 0) is 127 Å². The van der Waals surface area contributed by atoms with Crippen LogP contribution in [-0.2, 0) is 10.8 Å². The molecule has 0 heterocycles. The van der Waals surface area contributed by atoms with E-state index in [1.807, 2.05) is 0 Å². The normalized spacial score (nSPS) is 14.5. The van der Waals surface area contributed by atoms with Crippen LogP contribution in [0.25, 0.3) is 98.7 Å². The van der Waals surface area contributed by atoms with Gasteiger partial charge in [0.15, 0.2) is 0 Å². The van der Waals surface area contributed by atoms with E-state index in [1.165, 1.54) is 121 Å². The average molecular weight is 739 g/mol. The highest BCUT2D eigenvalue weighted by molar-refractivity contribution is 6.26. The third-order valence-electron chi connectivity index (χ3n) is 13.8. The minimum absolute atomic E-state index is 0.125. The van der Waals surface area contributed by atoms with Crippen LogP contribution in [0.15, 0.2) is 182 Å². The second-order valence-electron chi connectivity index (χ2n) is 17.5. The first-order valence-electron chi connectivity index (χ1n) is 20.7. The Labute approximate surface area is 340 Å². The second kappa shape index (κ2) is 11.9. The van der Waals surface area contributed by atoms with Crippen molar-refractivity contribution in [2.45, 2.75) is 38.5 Å². The van der Waals surface area contributed by atoms with Gasteiger partial charge in [-0.25, -0.2) is 0 Å². The third kappa shape index (κ3) is 4.35. The lowest BCUT2D eigenvalue weighted by molar-refractivity contribution is 0.648. The van der Waals surface area contributed by atoms with Crippen LogP contribution in [0.3, 0.4) is 0 Å². The molecule has 0 nitrogen and oxygen atoms in total. The van der Waals surface area contributed by atoms with Crippen molar-refractivity contribution in [3.05, 3.63) is 204 Å². The Bertz CT molecular complexity index is 3330. The number of rotatable bonds is 3. The molecule has 0 spiro atoms. The molecule has 0 fully saturated rings. The Morgan fingerprint density at radius 3 is 1.29 bits per heavy atom. The molecular weight excluding hydrogens is 697 g/mol. The van der Waals surface area contributed by atoms with Crippen LogP contribution in [0, 0.1) is 0 Å². The second-order valence-corrected chi connectivity index (χ2v) is 17.5. The highest BCUT2D eigenvalue weighted by atomic mass is 14.5. The summed E-state index contributed by atoms with van der Waals surface area (Å²) in [6.07, 6.45) is 0. The van der Waals surface area contributed by atoms with E-state index < -0.39 is 0 Å². The Morgan fingerprint density at radius 1 is 0.259 bits per heavy atom. The van der Waals surface area contributed by atoms with Crippen LogP contribution in [-0.4, -0.2) is 0 Å². The highest BCUT2D eigenvalue weighted by Crippen LogP contribution is 2.62. The molecule has 2 aliphatic carbocycles. The maximum Gasteiger partial charge on any atom is 0.0165 e. The third-order valence-corrected chi connectivity index (χ3v) is 13.8. The first-order chi connectivity index (χ1) is 28.3. The van der Waals surface area contributed by atoms with E-state index in [0.29, 0.717) is 0 Å². The average Bonchev–Trinajstić information content (AvgIpc) is 3.64. The zero-order chi connectivity index (χ0) is 38.9. The van der Waals surface area contributed by atoms with Crippen molar-refractivity contribution in [3.63, 3.8) is 0 Å². The molecule has 0 unspecified atom stereocenters. The topological polar surface area (TPSA) is 0 Å². The van der Waals surface area contributed by atoms with Crippen LogP contribution in [0.2, 0.25) is 0 Å². The maximum atomic E-state index is 2.57. The molecule has 0 aliphatic heterocycles. The van der Waals surface area contributed by atoms with E-state index in [-0.39, 0.29) is 10.8 Å². The molecule has 0 bridgehead atoms. The number of benzene rings is 10. The lowest BCUT2D eigenvalue weighted by Crippen LogP contribution is -2.18. The van der Waals surface area contributed by atoms with E-state index in [0.717, 1.165) is 0 Å². The fraction of sp³-hybridized carbons (Fsp3) is 0.103. The van der Waals surface area contributed by atoms with Crippen LogP contribution in [0.5, 0.6) is 0 Å². The van der Waals surface area contributed by atoms with Crippen molar-refractivity contribution in [1.82, 2.24) is 0 Å². The molecule has 10 aromatic rings. The first-order valence-corrected chi connectivity index (χ1v) is 20.7. The summed E-state index contributed by atoms with van der Waals surface area (Å²) in [6.45, 7) is 9.72. The molecule has 0 atom stereocenters. The summed E-state index contributed by atoms with van der Waals surface area (Å²) in [5, 5.41) is 10.2. The Kier molecular flexibility index (Phi) is 6.84. The molecule has 0 heteroatoms. The van der Waals surface area contributed by atoms with Crippen molar-refractivity contribution >= 4 is 43.1 Å². The number of hydrogen-bond acceptors (Lipinski definition) is 0. The van der Waals surface area contributed by atoms with Gasteiger partial charge in [0.1, 0.15) is 0 Å². The molecule has 58 heavy (non-hydrogen) atoms. The van der Waals surface area contributed by atoms with Crippen molar-refractivity contribution in [2.75, 3.05) is 0 Å². The monoisotopic (exact) mass is 738 g/mol. The van der Waals surface area contributed by atoms with E-state index in [9.17, 15) is 0 Å². The summed E-state index contributed by atoms with van der Waals surface area (Å²) in [4.78, 5) is 0. The van der Waals surface area contributed by atoms with E-state index >= 15 is 0 Å². The zero-order valence-corrected chi connectivity index (χ0v) is 33.3. The van der Waals surface area contributed by atoms with Crippen LogP contribution < -0.4 is 0 Å². The Morgan fingerprint density at radius 2 is 0.672 bits per heavy atom. The summed E-state index contributed by atoms with van der Waals surface area (Å²) in [5.41, 5.74) is 18.8. The zero-order valence-electron chi connectivity index (χ0n) is 33.3. The fourth-order valence-corrected chi connectivity index (χ4v) is 11.2. The van der Waals surface area contributed by atoms with Crippen LogP contribution >= 0.6 is 0 Å². The summed E-state index contributed by atoms with van der Waals surface area (Å²) in [7, 11) is 0. The van der Waals surface area contributed by atoms with Gasteiger partial charge in [0, 0.05) is 10.8 Å². The minimum Gasteiger partial charge on any atom is -0.0619 e. The van der Waals surface area contributed by atoms with Gasteiger partial charge in [0.2, 0.25) is 0 Å². The molecule has 0 radical (unpaired) electrons. The smallest absolute Gasteiger partial charge is 0.0165 e. The van der Waals surface area contributed by atoms with Crippen molar-refractivity contribution < 1.29 is 0 Å². The van der Waals surface area contributed by atoms with E-state index in [2.05, 4.69) is 210 Å². The van der Waals surface area contributed by atoms with Gasteiger partial charge in [0.25, 0.3) is 0 Å². The predicted molar refractivity (Wildman–Crippen MR) is 248 cm³/mol. The summed E-state index contributed by atoms with van der Waals surface area (Å²) < 4.78 is 0. The highest BCUT2D eigenvalue weighted by Gasteiger charge is 2.46. The van der Waals surface area contributed by atoms with Crippen molar-refractivity contribution in [2.24, 2.45) is 0 Å². The van der Waals surface area contributed by atoms with Crippen LogP contribution in [0.1, 0.15) is 49.9 Å². The molecule has 10 aromatic carbocycles. The van der Waals surface area contributed by atoms with Crippen LogP contribution in [0.4, 0.5) is 0 Å². The SMILES string of the molecule is CC1(C)c2ccccc2-c2c1cc(-c1ccc(-c3c4ccccc4c(-c4cccc5ccccc45)c4ccccc34)c3ccccc13)c1c2C(C)(C)c2ccccc2-1. The largest absolute Gasteiger partial charge is 0.0619 e. The van der Waals surface area contributed by atoms with Crippen molar-refractivity contribution in [1.29, 1.82) is 0 Å². The Balaban J connectivity index is 1.17. The molecule has 0 saturated heterocycles. The summed E-state index contributed by atoms with van der Waals surface area (Å²) in [6, 6.07) is 68.5. The summed E-state index contributed by atoms with van der Waals surface area (Å²) >= 11 is 0. The summed E-state index contributed by atoms with van der Waals surface area (Å²) in [5.74, 6) is 0. The van der Waals surface area contributed by atoms with Crippen molar-refractivity contribution in [3.8, 4) is 55.6 Å². The number of hydrogen-bond donors (Lipinski definition) is 0. The lowest BCUT2D eigenvalue weighted by Gasteiger charge is -2.28. The van der Waals surface area contributed by atoms with Gasteiger partial charge in [-0.2, -0.15) is 0 Å².